The van der Waals surface area contributed by atoms with Gasteiger partial charge in [-0.2, -0.15) is 0 Å². The van der Waals surface area contributed by atoms with Crippen molar-refractivity contribution in [3.8, 4) is 0 Å². The van der Waals surface area contributed by atoms with Crippen LogP contribution in [0.5, 0.6) is 0 Å². The van der Waals surface area contributed by atoms with Gasteiger partial charge in [-0.1, -0.05) is 47.0 Å². The van der Waals surface area contributed by atoms with Gasteiger partial charge in [-0.25, -0.2) is 0 Å². The Morgan fingerprint density at radius 3 is 2.37 bits per heavy atom. The van der Waals surface area contributed by atoms with Crippen molar-refractivity contribution < 1.29 is 9.53 Å². The van der Waals surface area contributed by atoms with E-state index < -0.39 is 0 Å². The molecule has 0 aromatic carbocycles. The minimum Gasteiger partial charge on any atom is -0.465 e. The summed E-state index contributed by atoms with van der Waals surface area (Å²) >= 11 is 0. The molecular weight excluding hydrogens is 238 g/mol. The van der Waals surface area contributed by atoms with Gasteiger partial charge < -0.3 is 10.5 Å². The van der Waals surface area contributed by atoms with Crippen LogP contribution in [0.3, 0.4) is 0 Å². The molecule has 0 aromatic rings. The fourth-order valence-corrected chi connectivity index (χ4v) is 2.33. The number of hydrogen-bond acceptors (Lipinski definition) is 3. The van der Waals surface area contributed by atoms with E-state index in [-0.39, 0.29) is 11.9 Å². The summed E-state index contributed by atoms with van der Waals surface area (Å²) in [6, 6.07) is 0. The molecule has 19 heavy (non-hydrogen) atoms. The van der Waals surface area contributed by atoms with E-state index in [1.54, 1.807) is 0 Å². The molecule has 3 nitrogen and oxygen atoms in total. The molecule has 2 unspecified atom stereocenters. The lowest BCUT2D eigenvalue weighted by Crippen LogP contribution is -2.22. The molecular formula is C16H33NO2. The van der Waals surface area contributed by atoms with Crippen molar-refractivity contribution in [2.45, 2.75) is 66.2 Å². The highest BCUT2D eigenvalue weighted by Gasteiger charge is 2.16. The Bertz CT molecular complexity index is 229. The zero-order chi connectivity index (χ0) is 14.7. The Morgan fingerprint density at radius 2 is 1.89 bits per heavy atom. The lowest BCUT2D eigenvalue weighted by molar-refractivity contribution is -0.146. The summed E-state index contributed by atoms with van der Waals surface area (Å²) in [6.45, 7) is 9.82. The van der Waals surface area contributed by atoms with E-state index in [0.29, 0.717) is 31.4 Å². The smallest absolute Gasteiger partial charge is 0.306 e. The maximum atomic E-state index is 11.8. The fraction of sp³-hybridized carbons (Fsp3) is 0.938. The molecule has 0 amide bonds. The second-order valence-corrected chi connectivity index (χ2v) is 6.03. The predicted molar refractivity (Wildman–Crippen MR) is 80.9 cm³/mol. The normalized spacial score (nSPS) is 14.4. The molecule has 0 aliphatic carbocycles. The van der Waals surface area contributed by atoms with Crippen LogP contribution in [0.15, 0.2) is 0 Å². The van der Waals surface area contributed by atoms with Crippen LogP contribution in [0.2, 0.25) is 0 Å². The van der Waals surface area contributed by atoms with Crippen LogP contribution < -0.4 is 5.73 Å². The Kier molecular flexibility index (Phi) is 10.9. The first kappa shape index (κ1) is 18.4. The van der Waals surface area contributed by atoms with Crippen LogP contribution in [0, 0.1) is 17.8 Å². The summed E-state index contributed by atoms with van der Waals surface area (Å²) in [5.41, 5.74) is 5.71. The number of ether oxygens (including phenoxy) is 1. The number of carbonyl (C=O) groups excluding carboxylic acids is 1. The molecule has 0 aliphatic rings. The topological polar surface area (TPSA) is 52.3 Å². The molecule has 114 valence electrons. The summed E-state index contributed by atoms with van der Waals surface area (Å²) in [5.74, 6) is 1.29. The first-order chi connectivity index (χ1) is 9.03. The van der Waals surface area contributed by atoms with Gasteiger partial charge in [-0.3, -0.25) is 4.79 Å². The van der Waals surface area contributed by atoms with E-state index in [1.807, 2.05) is 0 Å². The standard InChI is InChI=1S/C16H33NO2/c1-5-7-8-14(6-2)12-19-16(18)10-15(11-17)9-13(3)4/h13-15H,5-12,17H2,1-4H3. The number of unbranched alkanes of at least 4 members (excludes halogenated alkanes) is 1. The van der Waals surface area contributed by atoms with E-state index in [4.69, 9.17) is 10.5 Å². The van der Waals surface area contributed by atoms with Gasteiger partial charge in [0.1, 0.15) is 0 Å². The summed E-state index contributed by atoms with van der Waals surface area (Å²) in [5, 5.41) is 0. The summed E-state index contributed by atoms with van der Waals surface area (Å²) in [4.78, 5) is 11.8. The summed E-state index contributed by atoms with van der Waals surface area (Å²) in [7, 11) is 0. The van der Waals surface area contributed by atoms with Crippen molar-refractivity contribution in [1.29, 1.82) is 0 Å². The van der Waals surface area contributed by atoms with Gasteiger partial charge in [0.05, 0.1) is 6.61 Å². The molecule has 0 aliphatic heterocycles. The Morgan fingerprint density at radius 1 is 1.21 bits per heavy atom. The molecule has 0 radical (unpaired) electrons. The molecule has 0 spiro atoms. The molecule has 0 aromatic heterocycles. The van der Waals surface area contributed by atoms with Crippen molar-refractivity contribution in [3.63, 3.8) is 0 Å². The van der Waals surface area contributed by atoms with Gasteiger partial charge in [0.2, 0.25) is 0 Å². The maximum Gasteiger partial charge on any atom is 0.306 e. The lowest BCUT2D eigenvalue weighted by atomic mass is 9.94. The number of hydrogen-bond donors (Lipinski definition) is 1. The third kappa shape index (κ3) is 9.94. The summed E-state index contributed by atoms with van der Waals surface area (Å²) in [6.07, 6.45) is 6.13. The van der Waals surface area contributed by atoms with E-state index in [0.717, 1.165) is 19.3 Å². The predicted octanol–water partition coefficient (Wildman–Crippen LogP) is 3.76. The van der Waals surface area contributed by atoms with Crippen LogP contribution in [0.4, 0.5) is 0 Å². The monoisotopic (exact) mass is 271 g/mol. The van der Waals surface area contributed by atoms with Crippen molar-refractivity contribution in [1.82, 2.24) is 0 Å². The molecule has 0 fully saturated rings. The molecule has 0 rings (SSSR count). The van der Waals surface area contributed by atoms with Gasteiger partial charge in [0.15, 0.2) is 0 Å². The van der Waals surface area contributed by atoms with Gasteiger partial charge >= 0.3 is 5.97 Å². The minimum atomic E-state index is -0.0777. The Labute approximate surface area is 119 Å². The van der Waals surface area contributed by atoms with Gasteiger partial charge in [-0.15, -0.1) is 0 Å². The van der Waals surface area contributed by atoms with E-state index in [2.05, 4.69) is 27.7 Å². The van der Waals surface area contributed by atoms with Crippen LogP contribution in [-0.4, -0.2) is 19.1 Å². The second-order valence-electron chi connectivity index (χ2n) is 6.03. The van der Waals surface area contributed by atoms with Crippen molar-refractivity contribution >= 4 is 5.97 Å². The molecule has 0 bridgehead atoms. The van der Waals surface area contributed by atoms with Gasteiger partial charge in [-0.05, 0) is 37.1 Å². The second kappa shape index (κ2) is 11.3. The quantitative estimate of drug-likeness (QED) is 0.582. The number of rotatable bonds is 11. The molecule has 2 atom stereocenters. The van der Waals surface area contributed by atoms with Crippen molar-refractivity contribution in [2.24, 2.45) is 23.5 Å². The first-order valence-corrected chi connectivity index (χ1v) is 7.89. The zero-order valence-corrected chi connectivity index (χ0v) is 13.3. The van der Waals surface area contributed by atoms with Crippen LogP contribution >= 0.6 is 0 Å². The Balaban J connectivity index is 3.94. The van der Waals surface area contributed by atoms with Gasteiger partial charge in [0, 0.05) is 6.42 Å². The van der Waals surface area contributed by atoms with Crippen LogP contribution in [0.1, 0.15) is 66.2 Å². The zero-order valence-electron chi connectivity index (χ0n) is 13.3. The van der Waals surface area contributed by atoms with Crippen molar-refractivity contribution in [3.05, 3.63) is 0 Å². The van der Waals surface area contributed by atoms with E-state index in [9.17, 15) is 4.79 Å². The minimum absolute atomic E-state index is 0.0777. The highest BCUT2D eigenvalue weighted by molar-refractivity contribution is 5.69. The average molecular weight is 271 g/mol. The SMILES string of the molecule is CCCCC(CC)COC(=O)CC(CN)CC(C)C. The third-order valence-corrected chi connectivity index (χ3v) is 3.62. The lowest BCUT2D eigenvalue weighted by Gasteiger charge is -2.18. The van der Waals surface area contributed by atoms with Gasteiger partial charge in [0.25, 0.3) is 0 Å². The average Bonchev–Trinajstić information content (AvgIpc) is 2.37. The largest absolute Gasteiger partial charge is 0.465 e. The molecule has 0 saturated carbocycles. The number of esters is 1. The van der Waals surface area contributed by atoms with Crippen LogP contribution in [-0.2, 0) is 9.53 Å². The van der Waals surface area contributed by atoms with Crippen molar-refractivity contribution in [2.75, 3.05) is 13.2 Å². The van der Waals surface area contributed by atoms with Crippen LogP contribution in [0.25, 0.3) is 0 Å². The summed E-state index contributed by atoms with van der Waals surface area (Å²) < 4.78 is 5.41. The third-order valence-electron chi connectivity index (χ3n) is 3.62. The molecule has 2 N–H and O–H groups in total. The molecule has 3 heteroatoms. The Hall–Kier alpha value is -0.570. The molecule has 0 heterocycles. The first-order valence-electron chi connectivity index (χ1n) is 7.89. The molecule has 0 saturated heterocycles. The van der Waals surface area contributed by atoms with E-state index >= 15 is 0 Å². The van der Waals surface area contributed by atoms with E-state index in [1.165, 1.54) is 12.8 Å². The number of carbonyl (C=O) groups is 1. The highest BCUT2D eigenvalue weighted by atomic mass is 16.5. The number of nitrogens with two attached hydrogens (primary N) is 1. The highest BCUT2D eigenvalue weighted by Crippen LogP contribution is 2.17. The fourth-order valence-electron chi connectivity index (χ4n) is 2.33. The maximum absolute atomic E-state index is 11.8.